The Morgan fingerprint density at radius 1 is 1.11 bits per heavy atom. The van der Waals surface area contributed by atoms with E-state index < -0.39 is 6.03 Å². The highest BCUT2D eigenvalue weighted by molar-refractivity contribution is 7.15. The number of thiazole rings is 1. The Morgan fingerprint density at radius 3 is 2.75 bits per heavy atom. The lowest BCUT2D eigenvalue weighted by molar-refractivity contribution is -0.121. The van der Waals surface area contributed by atoms with E-state index in [0.29, 0.717) is 17.1 Å². The molecule has 9 heteroatoms. The second-order valence-corrected chi connectivity index (χ2v) is 6.90. The lowest BCUT2D eigenvalue weighted by Gasteiger charge is -2.07. The molecule has 1 aromatic carbocycles. The maximum atomic E-state index is 11.9. The molecule has 0 aliphatic carbocycles. The molecule has 140 valence electrons. The van der Waals surface area contributed by atoms with Gasteiger partial charge in [0.25, 0.3) is 0 Å². The van der Waals surface area contributed by atoms with Crippen LogP contribution in [-0.4, -0.2) is 21.9 Å². The number of nitrogens with zero attached hydrogens (tertiary/aromatic N) is 3. The number of urea groups is 1. The molecule has 0 fully saturated rings. The van der Waals surface area contributed by atoms with Gasteiger partial charge in [0.1, 0.15) is 0 Å². The van der Waals surface area contributed by atoms with Crippen molar-refractivity contribution in [3.05, 3.63) is 76.6 Å². The number of pyridine rings is 1. The van der Waals surface area contributed by atoms with E-state index >= 15 is 0 Å². The normalized spacial score (nSPS) is 9.96. The summed E-state index contributed by atoms with van der Waals surface area (Å²) in [4.78, 5) is 32.7. The molecule has 0 saturated heterocycles. The van der Waals surface area contributed by atoms with Gasteiger partial charge < -0.3 is 0 Å². The molecule has 3 N–H and O–H groups in total. The van der Waals surface area contributed by atoms with Crippen molar-refractivity contribution in [2.75, 3.05) is 5.32 Å². The van der Waals surface area contributed by atoms with E-state index in [9.17, 15) is 9.59 Å². The smallest absolute Gasteiger partial charge is 0.282 e. The van der Waals surface area contributed by atoms with Gasteiger partial charge in [-0.1, -0.05) is 18.2 Å². The number of hydrogen-bond donors (Lipinski definition) is 3. The number of nitrogens with one attached hydrogen (secondary N) is 3. The van der Waals surface area contributed by atoms with Crippen LogP contribution in [0.25, 0.3) is 0 Å². The summed E-state index contributed by atoms with van der Waals surface area (Å²) in [7, 11) is 0. The Kier molecular flexibility index (Phi) is 6.28. The molecule has 3 amide bonds. The maximum Gasteiger partial charge on any atom is 0.339 e. The number of carbonyl (C=O) groups is 2. The van der Waals surface area contributed by atoms with Crippen molar-refractivity contribution in [1.82, 2.24) is 20.8 Å². The number of benzene rings is 1. The standard InChI is InChI=1S/C19H16N6O2S/c20-10-14-4-1-3-13(7-14)8-16-12-22-19(28-16)23-18(27)25-24-17(26)9-15-5-2-6-21-11-15/h1-7,11-12H,8-9H2,(H,24,26)(H2,22,23,25,27). The predicted molar refractivity (Wildman–Crippen MR) is 104 cm³/mol. The minimum absolute atomic E-state index is 0.108. The Labute approximate surface area is 165 Å². The summed E-state index contributed by atoms with van der Waals surface area (Å²) in [5, 5.41) is 11.9. The lowest BCUT2D eigenvalue weighted by Crippen LogP contribution is -2.44. The van der Waals surface area contributed by atoms with Crippen LogP contribution in [0.3, 0.4) is 0 Å². The zero-order valence-electron chi connectivity index (χ0n) is 14.7. The molecular weight excluding hydrogens is 376 g/mol. The molecule has 0 saturated carbocycles. The summed E-state index contributed by atoms with van der Waals surface area (Å²) in [5.74, 6) is -0.361. The van der Waals surface area contributed by atoms with E-state index in [2.05, 4.69) is 32.2 Å². The van der Waals surface area contributed by atoms with Crippen LogP contribution in [0.4, 0.5) is 9.93 Å². The van der Waals surface area contributed by atoms with Crippen LogP contribution >= 0.6 is 11.3 Å². The van der Waals surface area contributed by atoms with E-state index in [-0.39, 0.29) is 12.3 Å². The second-order valence-electron chi connectivity index (χ2n) is 5.79. The van der Waals surface area contributed by atoms with Gasteiger partial charge >= 0.3 is 6.03 Å². The molecule has 8 nitrogen and oxygen atoms in total. The molecule has 0 spiro atoms. The van der Waals surface area contributed by atoms with Gasteiger partial charge in [0, 0.05) is 29.9 Å². The van der Waals surface area contributed by atoms with Crippen molar-refractivity contribution in [1.29, 1.82) is 5.26 Å². The number of aromatic nitrogens is 2. The number of amides is 3. The monoisotopic (exact) mass is 392 g/mol. The van der Waals surface area contributed by atoms with Crippen LogP contribution in [0.2, 0.25) is 0 Å². The average molecular weight is 392 g/mol. The van der Waals surface area contributed by atoms with E-state index in [1.807, 2.05) is 18.2 Å². The largest absolute Gasteiger partial charge is 0.339 e. The number of carbonyl (C=O) groups excluding carboxylic acids is 2. The van der Waals surface area contributed by atoms with E-state index in [1.54, 1.807) is 36.8 Å². The summed E-state index contributed by atoms with van der Waals surface area (Å²) in [6.45, 7) is 0. The topological polar surface area (TPSA) is 120 Å². The van der Waals surface area contributed by atoms with Crippen molar-refractivity contribution < 1.29 is 9.59 Å². The van der Waals surface area contributed by atoms with Gasteiger partial charge in [-0.05, 0) is 29.3 Å². The Balaban J connectivity index is 1.47. The molecule has 3 rings (SSSR count). The number of nitriles is 1. The maximum absolute atomic E-state index is 11.9. The van der Waals surface area contributed by atoms with Crippen LogP contribution in [0, 0.1) is 11.3 Å². The molecular formula is C19H16N6O2S. The van der Waals surface area contributed by atoms with Crippen molar-refractivity contribution in [3.8, 4) is 6.07 Å². The molecule has 0 radical (unpaired) electrons. The molecule has 0 unspecified atom stereocenters. The fourth-order valence-electron chi connectivity index (χ4n) is 2.39. The molecule has 0 aliphatic heterocycles. The zero-order chi connectivity index (χ0) is 19.8. The lowest BCUT2D eigenvalue weighted by atomic mass is 10.1. The molecule has 0 atom stereocenters. The highest BCUT2D eigenvalue weighted by Gasteiger charge is 2.09. The van der Waals surface area contributed by atoms with Gasteiger partial charge in [-0.2, -0.15) is 5.26 Å². The fourth-order valence-corrected chi connectivity index (χ4v) is 3.23. The Bertz CT molecular complexity index is 1010. The van der Waals surface area contributed by atoms with E-state index in [1.165, 1.54) is 11.3 Å². The van der Waals surface area contributed by atoms with Gasteiger partial charge in [-0.15, -0.1) is 11.3 Å². The van der Waals surface area contributed by atoms with E-state index in [4.69, 9.17) is 5.26 Å². The molecule has 0 aliphatic rings. The highest BCUT2D eigenvalue weighted by Crippen LogP contribution is 2.21. The SMILES string of the molecule is N#Cc1cccc(Cc2cnc(NC(=O)NNC(=O)Cc3cccnc3)s2)c1. The van der Waals surface area contributed by atoms with Crippen molar-refractivity contribution in [2.45, 2.75) is 12.8 Å². The first kappa shape index (κ1) is 19.0. The third-order valence-electron chi connectivity index (χ3n) is 3.61. The predicted octanol–water partition coefficient (Wildman–Crippen LogP) is 2.40. The molecule has 2 heterocycles. The number of hydrazine groups is 1. The first-order valence-corrected chi connectivity index (χ1v) is 9.12. The zero-order valence-corrected chi connectivity index (χ0v) is 15.5. The molecule has 0 bridgehead atoms. The van der Waals surface area contributed by atoms with Crippen molar-refractivity contribution >= 4 is 28.4 Å². The Morgan fingerprint density at radius 2 is 1.96 bits per heavy atom. The van der Waals surface area contributed by atoms with Crippen LogP contribution in [-0.2, 0) is 17.6 Å². The van der Waals surface area contributed by atoms with Crippen LogP contribution in [0.1, 0.15) is 21.6 Å². The number of rotatable bonds is 5. The highest BCUT2D eigenvalue weighted by atomic mass is 32.1. The van der Waals surface area contributed by atoms with Crippen LogP contribution in [0.5, 0.6) is 0 Å². The first-order valence-electron chi connectivity index (χ1n) is 8.31. The third kappa shape index (κ3) is 5.62. The van der Waals surface area contributed by atoms with Gasteiger partial charge in [-0.3, -0.25) is 20.5 Å². The van der Waals surface area contributed by atoms with Gasteiger partial charge in [0.05, 0.1) is 18.1 Å². The summed E-state index contributed by atoms with van der Waals surface area (Å²) in [5.41, 5.74) is 6.94. The van der Waals surface area contributed by atoms with E-state index in [0.717, 1.165) is 16.0 Å². The summed E-state index contributed by atoms with van der Waals surface area (Å²) >= 11 is 1.32. The van der Waals surface area contributed by atoms with Gasteiger partial charge in [0.2, 0.25) is 5.91 Å². The molecule has 3 aromatic rings. The third-order valence-corrected chi connectivity index (χ3v) is 4.52. The van der Waals surface area contributed by atoms with Gasteiger partial charge in [-0.25, -0.2) is 15.2 Å². The summed E-state index contributed by atoms with van der Waals surface area (Å²) < 4.78 is 0. The number of hydrogen-bond acceptors (Lipinski definition) is 6. The van der Waals surface area contributed by atoms with Crippen LogP contribution in [0.15, 0.2) is 55.0 Å². The van der Waals surface area contributed by atoms with Crippen LogP contribution < -0.4 is 16.2 Å². The minimum atomic E-state index is -0.591. The van der Waals surface area contributed by atoms with Crippen molar-refractivity contribution in [3.63, 3.8) is 0 Å². The minimum Gasteiger partial charge on any atom is -0.282 e. The Hall–Kier alpha value is -3.77. The fraction of sp³-hybridized carbons (Fsp3) is 0.105. The first-order chi connectivity index (χ1) is 13.6. The molecule has 28 heavy (non-hydrogen) atoms. The quantitative estimate of drug-likeness (QED) is 0.576. The number of anilines is 1. The summed E-state index contributed by atoms with van der Waals surface area (Å²) in [6, 6.07) is 12.3. The summed E-state index contributed by atoms with van der Waals surface area (Å²) in [6.07, 6.45) is 5.59. The van der Waals surface area contributed by atoms with Crippen molar-refractivity contribution in [2.24, 2.45) is 0 Å². The average Bonchev–Trinajstić information content (AvgIpc) is 3.14. The second kappa shape index (κ2) is 9.25. The molecule has 2 aromatic heterocycles. The van der Waals surface area contributed by atoms with Gasteiger partial charge in [0.15, 0.2) is 5.13 Å².